The fourth-order valence-electron chi connectivity index (χ4n) is 2.59. The Balaban J connectivity index is 1.57. The molecule has 7 heteroatoms. The lowest BCUT2D eigenvalue weighted by Crippen LogP contribution is -2.26. The normalized spacial score (nSPS) is 10.3. The van der Waals surface area contributed by atoms with Gasteiger partial charge in [0.15, 0.2) is 6.61 Å². The maximum Gasteiger partial charge on any atom is 0.262 e. The zero-order chi connectivity index (χ0) is 20.8. The van der Waals surface area contributed by atoms with Gasteiger partial charge in [0.1, 0.15) is 5.75 Å². The zero-order valence-corrected chi connectivity index (χ0v) is 17.9. The Labute approximate surface area is 182 Å². The van der Waals surface area contributed by atoms with Crippen LogP contribution in [0.4, 0.5) is 11.4 Å². The quantitative estimate of drug-likeness (QED) is 0.522. The highest BCUT2D eigenvalue weighted by atomic mass is 79.9. The Kier molecular flexibility index (Phi) is 6.90. The Morgan fingerprint density at radius 2 is 1.72 bits per heavy atom. The van der Waals surface area contributed by atoms with Gasteiger partial charge in [-0.25, -0.2) is 0 Å². The van der Waals surface area contributed by atoms with E-state index in [-0.39, 0.29) is 18.4 Å². The number of nitrogens with zero attached hydrogens (tertiary/aromatic N) is 1. The number of carbonyl (C=O) groups is 2. The van der Waals surface area contributed by atoms with Gasteiger partial charge in [0, 0.05) is 29.0 Å². The number of rotatable bonds is 6. The van der Waals surface area contributed by atoms with Gasteiger partial charge in [-0.3, -0.25) is 9.59 Å². The fraction of sp³-hybridized carbons (Fsp3) is 0.0909. The number of carbonyl (C=O) groups excluding carboxylic acids is 2. The van der Waals surface area contributed by atoms with E-state index in [9.17, 15) is 9.59 Å². The highest BCUT2D eigenvalue weighted by Gasteiger charge is 2.13. The van der Waals surface area contributed by atoms with E-state index in [2.05, 4.69) is 21.2 Å². The molecular formula is C22H18BrClN2O3. The summed E-state index contributed by atoms with van der Waals surface area (Å²) in [6, 6.07) is 21.2. The topological polar surface area (TPSA) is 58.6 Å². The van der Waals surface area contributed by atoms with Gasteiger partial charge < -0.3 is 15.0 Å². The molecule has 0 unspecified atom stereocenters. The first-order valence-electron chi connectivity index (χ1n) is 8.75. The van der Waals surface area contributed by atoms with Crippen LogP contribution in [0.25, 0.3) is 0 Å². The van der Waals surface area contributed by atoms with Gasteiger partial charge in [0.25, 0.3) is 11.8 Å². The molecule has 0 radical (unpaired) electrons. The number of hydrogen-bond donors (Lipinski definition) is 1. The second kappa shape index (κ2) is 9.58. The van der Waals surface area contributed by atoms with Crippen molar-refractivity contribution < 1.29 is 14.3 Å². The molecule has 1 N–H and O–H groups in total. The molecule has 0 saturated heterocycles. The molecule has 0 saturated carbocycles. The highest BCUT2D eigenvalue weighted by molar-refractivity contribution is 9.10. The van der Waals surface area contributed by atoms with Crippen molar-refractivity contribution in [2.75, 3.05) is 23.9 Å². The van der Waals surface area contributed by atoms with Crippen molar-refractivity contribution in [3.63, 3.8) is 0 Å². The average Bonchev–Trinajstić information content (AvgIpc) is 2.73. The smallest absolute Gasteiger partial charge is 0.262 e. The monoisotopic (exact) mass is 472 g/mol. The first kappa shape index (κ1) is 20.9. The van der Waals surface area contributed by atoms with E-state index in [1.54, 1.807) is 54.4 Å². The molecule has 5 nitrogen and oxygen atoms in total. The Morgan fingerprint density at radius 3 is 2.38 bits per heavy atom. The van der Waals surface area contributed by atoms with Gasteiger partial charge in [-0.2, -0.15) is 0 Å². The Hall–Kier alpha value is -2.83. The summed E-state index contributed by atoms with van der Waals surface area (Å²) in [6.07, 6.45) is 0. The Morgan fingerprint density at radius 1 is 1.03 bits per heavy atom. The number of halogens is 2. The molecule has 0 fully saturated rings. The number of benzene rings is 3. The SMILES string of the molecule is CN(C(=O)c1ccc(NC(=O)COc2ccc(Cl)cc2Br)cc1)c1ccccc1. The number of amides is 2. The van der Waals surface area contributed by atoms with Crippen LogP contribution in [0.2, 0.25) is 5.02 Å². The molecule has 3 aromatic carbocycles. The van der Waals surface area contributed by atoms with Crippen LogP contribution in [0.15, 0.2) is 77.3 Å². The summed E-state index contributed by atoms with van der Waals surface area (Å²) in [5.41, 5.74) is 1.91. The Bertz CT molecular complexity index is 1010. The van der Waals surface area contributed by atoms with Crippen molar-refractivity contribution in [1.82, 2.24) is 0 Å². The van der Waals surface area contributed by atoms with Crippen LogP contribution in [0.3, 0.4) is 0 Å². The van der Waals surface area contributed by atoms with Crippen molar-refractivity contribution in [1.29, 1.82) is 0 Å². The van der Waals surface area contributed by atoms with E-state index in [0.717, 1.165) is 5.69 Å². The maximum atomic E-state index is 12.6. The summed E-state index contributed by atoms with van der Waals surface area (Å²) in [7, 11) is 1.72. The van der Waals surface area contributed by atoms with E-state index in [1.165, 1.54) is 0 Å². The van der Waals surface area contributed by atoms with Crippen molar-refractivity contribution in [2.24, 2.45) is 0 Å². The molecule has 0 aliphatic heterocycles. The molecule has 0 bridgehead atoms. The van der Waals surface area contributed by atoms with Crippen molar-refractivity contribution in [3.05, 3.63) is 87.9 Å². The predicted molar refractivity (Wildman–Crippen MR) is 119 cm³/mol. The first-order valence-corrected chi connectivity index (χ1v) is 9.92. The van der Waals surface area contributed by atoms with E-state index < -0.39 is 0 Å². The molecule has 0 aliphatic carbocycles. The molecule has 29 heavy (non-hydrogen) atoms. The number of ether oxygens (including phenoxy) is 1. The van der Waals surface area contributed by atoms with E-state index in [1.807, 2.05) is 30.3 Å². The van der Waals surface area contributed by atoms with Crippen molar-refractivity contribution >= 4 is 50.7 Å². The molecule has 0 aliphatic rings. The standard InChI is InChI=1S/C22H18BrClN2O3/c1-26(18-5-3-2-4-6-18)22(28)15-7-10-17(11-8-15)25-21(27)14-29-20-12-9-16(24)13-19(20)23/h2-13H,14H2,1H3,(H,25,27). The van der Waals surface area contributed by atoms with E-state index in [4.69, 9.17) is 16.3 Å². The van der Waals surface area contributed by atoms with Gasteiger partial charge in [0.2, 0.25) is 0 Å². The lowest BCUT2D eigenvalue weighted by Gasteiger charge is -2.17. The minimum atomic E-state index is -0.313. The van der Waals surface area contributed by atoms with E-state index in [0.29, 0.717) is 26.5 Å². The molecule has 2 amide bonds. The highest BCUT2D eigenvalue weighted by Crippen LogP contribution is 2.28. The van der Waals surface area contributed by atoms with E-state index >= 15 is 0 Å². The summed E-state index contributed by atoms with van der Waals surface area (Å²) >= 11 is 9.22. The second-order valence-electron chi connectivity index (χ2n) is 6.19. The first-order chi connectivity index (χ1) is 13.9. The van der Waals surface area contributed by atoms with Gasteiger partial charge in [-0.1, -0.05) is 29.8 Å². The molecule has 0 aromatic heterocycles. The van der Waals surface area contributed by atoms with Crippen LogP contribution in [0, 0.1) is 0 Å². The van der Waals surface area contributed by atoms with Crippen molar-refractivity contribution in [3.8, 4) is 5.75 Å². The minimum absolute atomic E-state index is 0.134. The summed E-state index contributed by atoms with van der Waals surface area (Å²) in [5, 5.41) is 3.31. The third-order valence-corrected chi connectivity index (χ3v) is 4.97. The summed E-state index contributed by atoms with van der Waals surface area (Å²) in [5.74, 6) is 0.0757. The largest absolute Gasteiger partial charge is 0.483 e. The summed E-state index contributed by atoms with van der Waals surface area (Å²) < 4.78 is 6.16. The van der Waals surface area contributed by atoms with Crippen LogP contribution in [0.5, 0.6) is 5.75 Å². The van der Waals surface area contributed by atoms with Crippen LogP contribution in [-0.4, -0.2) is 25.5 Å². The van der Waals surface area contributed by atoms with Gasteiger partial charge in [0.05, 0.1) is 4.47 Å². The predicted octanol–water partition coefficient (Wildman–Crippen LogP) is 5.40. The molecule has 3 rings (SSSR count). The van der Waals surface area contributed by atoms with Crippen LogP contribution >= 0.6 is 27.5 Å². The van der Waals surface area contributed by atoms with Crippen LogP contribution < -0.4 is 15.0 Å². The van der Waals surface area contributed by atoms with Crippen LogP contribution in [0.1, 0.15) is 10.4 Å². The molecule has 0 heterocycles. The minimum Gasteiger partial charge on any atom is -0.483 e. The third-order valence-electron chi connectivity index (χ3n) is 4.12. The zero-order valence-electron chi connectivity index (χ0n) is 15.6. The number of anilines is 2. The summed E-state index contributed by atoms with van der Waals surface area (Å²) in [4.78, 5) is 26.3. The van der Waals surface area contributed by atoms with Crippen molar-refractivity contribution in [2.45, 2.75) is 0 Å². The molecular weight excluding hydrogens is 456 g/mol. The van der Waals surface area contributed by atoms with Gasteiger partial charge >= 0.3 is 0 Å². The number of hydrogen-bond acceptors (Lipinski definition) is 3. The lowest BCUT2D eigenvalue weighted by molar-refractivity contribution is -0.118. The lowest BCUT2D eigenvalue weighted by atomic mass is 10.1. The summed E-state index contributed by atoms with van der Waals surface area (Å²) in [6.45, 7) is -0.155. The van der Waals surface area contributed by atoms with Crippen LogP contribution in [-0.2, 0) is 4.79 Å². The van der Waals surface area contributed by atoms with Gasteiger partial charge in [-0.05, 0) is 70.5 Å². The molecule has 3 aromatic rings. The fourth-order valence-corrected chi connectivity index (χ4v) is 3.39. The maximum absolute atomic E-state index is 12.6. The molecule has 0 atom stereocenters. The molecule has 148 valence electrons. The second-order valence-corrected chi connectivity index (χ2v) is 7.48. The number of para-hydroxylation sites is 1. The molecule has 0 spiro atoms. The third kappa shape index (κ3) is 5.59. The van der Waals surface area contributed by atoms with Gasteiger partial charge in [-0.15, -0.1) is 0 Å². The number of nitrogens with one attached hydrogen (secondary N) is 1. The average molecular weight is 474 g/mol.